The summed E-state index contributed by atoms with van der Waals surface area (Å²) in [6, 6.07) is 16.2. The highest BCUT2D eigenvalue weighted by atomic mass is 16.5. The summed E-state index contributed by atoms with van der Waals surface area (Å²) in [5.41, 5.74) is 5.80. The second-order valence-electron chi connectivity index (χ2n) is 3.85. The van der Waals surface area contributed by atoms with E-state index in [0.717, 1.165) is 0 Å². The molecule has 0 aliphatic carbocycles. The highest BCUT2D eigenvalue weighted by Crippen LogP contribution is 2.24. The summed E-state index contributed by atoms with van der Waals surface area (Å²) in [4.78, 5) is 0. The van der Waals surface area contributed by atoms with Crippen LogP contribution in [0.5, 0.6) is 11.5 Å². The molecule has 0 aromatic heterocycles. The van der Waals surface area contributed by atoms with Gasteiger partial charge < -0.3 is 15.6 Å². The van der Waals surface area contributed by atoms with Crippen LogP contribution in [0.4, 0.5) is 0 Å². The summed E-state index contributed by atoms with van der Waals surface area (Å²) in [5.74, 6) is 1.03. The van der Waals surface area contributed by atoms with Gasteiger partial charge in [0, 0.05) is 0 Å². The van der Waals surface area contributed by atoms with Crippen molar-refractivity contribution in [1.82, 2.24) is 0 Å². The first-order chi connectivity index (χ1) is 8.66. The summed E-state index contributed by atoms with van der Waals surface area (Å²) in [6.07, 6.45) is -1.09. The second-order valence-corrected chi connectivity index (χ2v) is 3.85. The number of nitrogens with two attached hydrogens (primary N) is 1. The van der Waals surface area contributed by atoms with Gasteiger partial charge in [-0.05, 0) is 29.8 Å². The van der Waals surface area contributed by atoms with Crippen LogP contribution in [0.1, 0.15) is 11.7 Å². The lowest BCUT2D eigenvalue weighted by Crippen LogP contribution is -2.19. The molecule has 1 atom stereocenters. The number of aliphatic hydroxyl groups excluding tert-OH is 1. The number of hydrogen-bond donors (Lipinski definition) is 3. The highest BCUT2D eigenvalue weighted by Gasteiger charge is 2.11. The fourth-order valence-electron chi connectivity index (χ4n) is 1.55. The van der Waals surface area contributed by atoms with Gasteiger partial charge in [-0.1, -0.05) is 30.3 Å². The van der Waals surface area contributed by atoms with Crippen molar-refractivity contribution in [2.75, 3.05) is 0 Å². The Morgan fingerprint density at radius 3 is 2.39 bits per heavy atom. The number of amidine groups is 1. The van der Waals surface area contributed by atoms with Gasteiger partial charge in [0.1, 0.15) is 23.4 Å². The van der Waals surface area contributed by atoms with E-state index in [0.29, 0.717) is 17.1 Å². The number of nitrogens with one attached hydrogen (secondary N) is 1. The van der Waals surface area contributed by atoms with Crippen molar-refractivity contribution in [3.05, 3.63) is 60.2 Å². The van der Waals surface area contributed by atoms with Crippen molar-refractivity contribution >= 4 is 5.84 Å². The van der Waals surface area contributed by atoms with Gasteiger partial charge in [0.25, 0.3) is 0 Å². The molecule has 0 aliphatic heterocycles. The van der Waals surface area contributed by atoms with Crippen molar-refractivity contribution in [2.45, 2.75) is 6.10 Å². The first kappa shape index (κ1) is 12.1. The molecule has 2 aromatic carbocycles. The van der Waals surface area contributed by atoms with Gasteiger partial charge in [-0.15, -0.1) is 0 Å². The van der Waals surface area contributed by atoms with E-state index in [-0.39, 0.29) is 5.84 Å². The van der Waals surface area contributed by atoms with E-state index in [1.807, 2.05) is 30.3 Å². The molecule has 4 nitrogen and oxygen atoms in total. The van der Waals surface area contributed by atoms with Crippen molar-refractivity contribution < 1.29 is 9.84 Å². The van der Waals surface area contributed by atoms with Crippen LogP contribution in [0.15, 0.2) is 54.6 Å². The van der Waals surface area contributed by atoms with E-state index in [4.69, 9.17) is 15.9 Å². The second kappa shape index (κ2) is 5.33. The monoisotopic (exact) mass is 242 g/mol. The zero-order valence-electron chi connectivity index (χ0n) is 9.71. The van der Waals surface area contributed by atoms with E-state index in [9.17, 15) is 5.11 Å². The molecule has 4 N–H and O–H groups in total. The van der Waals surface area contributed by atoms with Crippen LogP contribution in [0.3, 0.4) is 0 Å². The smallest absolute Gasteiger partial charge is 0.136 e. The number of rotatable bonds is 4. The summed E-state index contributed by atoms with van der Waals surface area (Å²) < 4.78 is 5.63. The fourth-order valence-corrected chi connectivity index (χ4v) is 1.55. The van der Waals surface area contributed by atoms with Gasteiger partial charge in [-0.3, -0.25) is 5.41 Å². The molecule has 0 heterocycles. The fraction of sp³-hybridized carbons (Fsp3) is 0.0714. The predicted molar refractivity (Wildman–Crippen MR) is 69.8 cm³/mol. The molecule has 2 rings (SSSR count). The lowest BCUT2D eigenvalue weighted by atomic mass is 10.1. The van der Waals surface area contributed by atoms with E-state index in [1.165, 1.54) is 0 Å². The largest absolute Gasteiger partial charge is 0.457 e. The Kier molecular flexibility index (Phi) is 3.60. The minimum absolute atomic E-state index is 0.285. The number of aliphatic hydroxyl groups is 1. The summed E-state index contributed by atoms with van der Waals surface area (Å²) >= 11 is 0. The minimum atomic E-state index is -1.09. The average Bonchev–Trinajstić information content (AvgIpc) is 2.39. The van der Waals surface area contributed by atoms with Gasteiger partial charge in [0.2, 0.25) is 0 Å². The van der Waals surface area contributed by atoms with E-state index in [1.54, 1.807) is 24.3 Å². The average molecular weight is 242 g/mol. The molecule has 0 spiro atoms. The third-order valence-corrected chi connectivity index (χ3v) is 2.45. The Labute approximate surface area is 105 Å². The lowest BCUT2D eigenvalue weighted by Gasteiger charge is -2.11. The van der Waals surface area contributed by atoms with E-state index < -0.39 is 6.10 Å². The Bertz CT molecular complexity index is 541. The maximum Gasteiger partial charge on any atom is 0.136 e. The van der Waals surface area contributed by atoms with Crippen molar-refractivity contribution in [1.29, 1.82) is 5.41 Å². The zero-order chi connectivity index (χ0) is 13.0. The van der Waals surface area contributed by atoms with Gasteiger partial charge in [-0.2, -0.15) is 0 Å². The van der Waals surface area contributed by atoms with Crippen molar-refractivity contribution in [2.24, 2.45) is 5.73 Å². The molecule has 0 saturated heterocycles. The van der Waals surface area contributed by atoms with Crippen LogP contribution in [-0.4, -0.2) is 10.9 Å². The third-order valence-electron chi connectivity index (χ3n) is 2.45. The Balaban J connectivity index is 2.20. The van der Waals surface area contributed by atoms with Crippen molar-refractivity contribution in [3.63, 3.8) is 0 Å². The van der Waals surface area contributed by atoms with Crippen LogP contribution in [0.25, 0.3) is 0 Å². The lowest BCUT2D eigenvalue weighted by molar-refractivity contribution is 0.244. The third kappa shape index (κ3) is 2.87. The Morgan fingerprint density at radius 1 is 1.06 bits per heavy atom. The first-order valence-electron chi connectivity index (χ1n) is 5.51. The molecule has 1 unspecified atom stereocenters. The molecule has 2 aromatic rings. The zero-order valence-corrected chi connectivity index (χ0v) is 9.71. The van der Waals surface area contributed by atoms with Crippen LogP contribution in [0.2, 0.25) is 0 Å². The number of hydrogen-bond acceptors (Lipinski definition) is 3. The number of para-hydroxylation sites is 1. The molecule has 0 amide bonds. The first-order valence-corrected chi connectivity index (χ1v) is 5.51. The minimum Gasteiger partial charge on any atom is -0.457 e. The maximum atomic E-state index is 9.68. The summed E-state index contributed by atoms with van der Waals surface area (Å²) in [5, 5.41) is 16.9. The number of benzene rings is 2. The van der Waals surface area contributed by atoms with Gasteiger partial charge >= 0.3 is 0 Å². The molecular formula is C14H14N2O2. The SMILES string of the molecule is N=C(N)C(O)c1cccc(Oc2ccccc2)c1. The van der Waals surface area contributed by atoms with Crippen LogP contribution >= 0.6 is 0 Å². The molecular weight excluding hydrogens is 228 g/mol. The number of ether oxygens (including phenoxy) is 1. The topological polar surface area (TPSA) is 79.3 Å². The van der Waals surface area contributed by atoms with Crippen molar-refractivity contribution in [3.8, 4) is 11.5 Å². The summed E-state index contributed by atoms with van der Waals surface area (Å²) in [7, 11) is 0. The molecule has 0 fully saturated rings. The van der Waals surface area contributed by atoms with E-state index >= 15 is 0 Å². The summed E-state index contributed by atoms with van der Waals surface area (Å²) in [6.45, 7) is 0. The van der Waals surface area contributed by atoms with Gasteiger partial charge in [0.15, 0.2) is 0 Å². The Hall–Kier alpha value is -2.33. The van der Waals surface area contributed by atoms with Crippen LogP contribution in [-0.2, 0) is 0 Å². The molecule has 92 valence electrons. The highest BCUT2D eigenvalue weighted by molar-refractivity contribution is 5.82. The van der Waals surface area contributed by atoms with Gasteiger partial charge in [0.05, 0.1) is 0 Å². The maximum absolute atomic E-state index is 9.68. The Morgan fingerprint density at radius 2 is 1.72 bits per heavy atom. The van der Waals surface area contributed by atoms with Crippen LogP contribution < -0.4 is 10.5 Å². The quantitative estimate of drug-likeness (QED) is 0.569. The standard InChI is InChI=1S/C14H14N2O2/c15-14(16)13(17)10-5-4-8-12(9-10)18-11-6-2-1-3-7-11/h1-9,13,17H,(H3,15,16). The molecule has 0 saturated carbocycles. The normalized spacial score (nSPS) is 11.8. The molecule has 0 aliphatic rings. The molecule has 0 bridgehead atoms. The molecule has 0 radical (unpaired) electrons. The molecule has 4 heteroatoms. The predicted octanol–water partition coefficient (Wildman–Crippen LogP) is 2.45. The van der Waals surface area contributed by atoms with E-state index in [2.05, 4.69) is 0 Å². The molecule has 18 heavy (non-hydrogen) atoms. The van der Waals surface area contributed by atoms with Gasteiger partial charge in [-0.25, -0.2) is 0 Å². The van der Waals surface area contributed by atoms with Crippen LogP contribution in [0, 0.1) is 5.41 Å².